The fourth-order valence-corrected chi connectivity index (χ4v) is 2.32. The minimum Gasteiger partial charge on any atom is -0.413 e. The van der Waals surface area contributed by atoms with Crippen LogP contribution in [0.5, 0.6) is 0 Å². The zero-order valence-electron chi connectivity index (χ0n) is 6.15. The third kappa shape index (κ3) is 4.65. The van der Waals surface area contributed by atoms with Gasteiger partial charge < -0.3 is 4.72 Å². The molecule has 0 rings (SSSR count). The fourth-order valence-electron chi connectivity index (χ4n) is 0.772. The molecule has 0 aliphatic heterocycles. The lowest BCUT2D eigenvalue weighted by atomic mass is 10.3. The Morgan fingerprint density at radius 1 is 1.50 bits per heavy atom. The minimum atomic E-state index is -0.739. The molecule has 0 bridgehead atoms. The van der Waals surface area contributed by atoms with Crippen molar-refractivity contribution in [3.05, 3.63) is 0 Å². The molecule has 2 heteroatoms. The first-order valence-electron chi connectivity index (χ1n) is 3.42. The highest BCUT2D eigenvalue weighted by Gasteiger charge is 2.09. The molecule has 0 amide bonds. The van der Waals surface area contributed by atoms with Gasteiger partial charge in [-0.05, 0) is 0 Å². The molecule has 0 aromatic rings. The lowest BCUT2D eigenvalue weighted by Crippen LogP contribution is -2.25. The van der Waals surface area contributed by atoms with E-state index in [0.29, 0.717) is 0 Å². The molecule has 0 atom stereocenters. The summed E-state index contributed by atoms with van der Waals surface area (Å²) >= 11 is -0.739. The number of hydrogen-bond donors (Lipinski definition) is 1. The molecule has 0 fully saturated rings. The topological polar surface area (TPSA) is 26.0 Å². The van der Waals surface area contributed by atoms with E-state index in [1.165, 1.54) is 10.6 Å². The van der Waals surface area contributed by atoms with Crippen molar-refractivity contribution in [2.24, 2.45) is 10.6 Å². The van der Waals surface area contributed by atoms with E-state index in [1.807, 2.05) is 0 Å². The smallest absolute Gasteiger partial charge is 0.367 e. The highest BCUT2D eigenvalue weighted by atomic mass is 27.2. The second kappa shape index (κ2) is 4.38. The number of hydrogen-bond acceptors (Lipinski definition) is 1. The van der Waals surface area contributed by atoms with Crippen LogP contribution < -0.4 is 4.72 Å². The molecule has 0 heterocycles. The van der Waals surface area contributed by atoms with Gasteiger partial charge in [-0.1, -0.05) is 37.3 Å². The van der Waals surface area contributed by atoms with Crippen molar-refractivity contribution >= 4 is 14.4 Å². The van der Waals surface area contributed by atoms with E-state index >= 15 is 0 Å². The normalized spacial score (nSPS) is 10.1. The third-order valence-corrected chi connectivity index (χ3v) is 3.90. The largest absolute Gasteiger partial charge is 0.413 e. The van der Waals surface area contributed by atoms with Crippen LogP contribution in [0, 0.1) is 5.92 Å². The monoisotopic (exact) mass is 129 g/mol. The Hall–Kier alpha value is 0.492. The molecule has 0 saturated carbocycles. The Labute approximate surface area is 56.9 Å². The van der Waals surface area contributed by atoms with Crippen molar-refractivity contribution in [3.8, 4) is 0 Å². The standard InChI is InChI=1S/C4H9.C2H5.Al.H2N/c1-4(2)3;1-2;;/h4H,1H2,2-3H3;1H2,2H3;;1H2/q;;+1;-1. The summed E-state index contributed by atoms with van der Waals surface area (Å²) in [5.74, 6) is 0.816. The van der Waals surface area contributed by atoms with Crippen molar-refractivity contribution in [1.29, 1.82) is 0 Å². The van der Waals surface area contributed by atoms with Gasteiger partial charge in [0.1, 0.15) is 0 Å². The van der Waals surface area contributed by atoms with Gasteiger partial charge in [0.15, 0.2) is 0 Å². The van der Waals surface area contributed by atoms with Crippen LogP contribution in [-0.4, -0.2) is 14.4 Å². The molecule has 0 radical (unpaired) electrons. The maximum Gasteiger partial charge on any atom is 0.367 e. The van der Waals surface area contributed by atoms with Gasteiger partial charge in [-0.25, -0.2) is 0 Å². The zero-order chi connectivity index (χ0) is 6.57. The average molecular weight is 129 g/mol. The SMILES string of the molecule is C[CH2][Al]([NH2])[CH2]C(C)C. The van der Waals surface area contributed by atoms with Crippen molar-refractivity contribution in [2.75, 3.05) is 0 Å². The van der Waals surface area contributed by atoms with E-state index in [4.69, 9.17) is 4.72 Å². The van der Waals surface area contributed by atoms with Gasteiger partial charge in [0.05, 0.1) is 0 Å². The fraction of sp³-hybridized carbons (Fsp3) is 1.00. The minimum absolute atomic E-state index is 0.739. The van der Waals surface area contributed by atoms with Crippen molar-refractivity contribution in [1.82, 2.24) is 0 Å². The maximum absolute atomic E-state index is 5.81. The first kappa shape index (κ1) is 8.49. The van der Waals surface area contributed by atoms with Crippen molar-refractivity contribution < 1.29 is 0 Å². The van der Waals surface area contributed by atoms with Crippen LogP contribution in [0.15, 0.2) is 0 Å². The molecule has 8 heavy (non-hydrogen) atoms. The van der Waals surface area contributed by atoms with Crippen LogP contribution in [-0.2, 0) is 0 Å². The van der Waals surface area contributed by atoms with Gasteiger partial charge in [0, 0.05) is 0 Å². The predicted molar refractivity (Wildman–Crippen MR) is 40.1 cm³/mol. The Kier molecular flexibility index (Phi) is 4.65. The second-order valence-electron chi connectivity index (χ2n) is 2.80. The summed E-state index contributed by atoms with van der Waals surface area (Å²) in [5.41, 5.74) is 0. The van der Waals surface area contributed by atoms with Gasteiger partial charge in [0.25, 0.3) is 0 Å². The first-order chi connectivity index (χ1) is 3.66. The van der Waals surface area contributed by atoms with Crippen LogP contribution in [0.4, 0.5) is 0 Å². The molecule has 0 unspecified atom stereocenters. The van der Waals surface area contributed by atoms with Gasteiger partial charge in [-0.2, -0.15) is 0 Å². The van der Waals surface area contributed by atoms with Crippen molar-refractivity contribution in [3.63, 3.8) is 0 Å². The van der Waals surface area contributed by atoms with Gasteiger partial charge in [-0.3, -0.25) is 0 Å². The van der Waals surface area contributed by atoms with E-state index in [2.05, 4.69) is 20.8 Å². The third-order valence-electron chi connectivity index (χ3n) is 1.30. The zero-order valence-corrected chi connectivity index (χ0v) is 7.30. The Morgan fingerprint density at radius 3 is 2.12 bits per heavy atom. The number of rotatable bonds is 3. The van der Waals surface area contributed by atoms with Crippen LogP contribution >= 0.6 is 0 Å². The number of nitrogens with two attached hydrogens (primary N) is 1. The second-order valence-corrected chi connectivity index (χ2v) is 5.61. The lowest BCUT2D eigenvalue weighted by molar-refractivity contribution is 0.723. The van der Waals surface area contributed by atoms with Gasteiger partial charge in [-0.15, -0.1) is 0 Å². The van der Waals surface area contributed by atoms with Crippen molar-refractivity contribution in [2.45, 2.75) is 31.3 Å². The maximum atomic E-state index is 5.81. The molecular formula is C6H16AlN. The Balaban J connectivity index is 3.10. The first-order valence-corrected chi connectivity index (χ1v) is 5.72. The van der Waals surface area contributed by atoms with Crippen LogP contribution in [0.1, 0.15) is 20.8 Å². The summed E-state index contributed by atoms with van der Waals surface area (Å²) in [6.07, 6.45) is 0. The molecule has 48 valence electrons. The molecule has 0 aromatic carbocycles. The summed E-state index contributed by atoms with van der Waals surface area (Å²) in [6, 6.07) is 0. The van der Waals surface area contributed by atoms with E-state index in [9.17, 15) is 0 Å². The van der Waals surface area contributed by atoms with E-state index in [1.54, 1.807) is 0 Å². The average Bonchev–Trinajstić information content (AvgIpc) is 1.65. The van der Waals surface area contributed by atoms with Gasteiger partial charge >= 0.3 is 14.4 Å². The molecule has 1 nitrogen and oxygen atoms in total. The van der Waals surface area contributed by atoms with Gasteiger partial charge in [0.2, 0.25) is 0 Å². The molecule has 0 aromatic heterocycles. The van der Waals surface area contributed by atoms with Crippen LogP contribution in [0.25, 0.3) is 0 Å². The van der Waals surface area contributed by atoms with Crippen LogP contribution in [0.2, 0.25) is 10.6 Å². The molecule has 0 spiro atoms. The quantitative estimate of drug-likeness (QED) is 0.575. The van der Waals surface area contributed by atoms with Crippen LogP contribution in [0.3, 0.4) is 0 Å². The van der Waals surface area contributed by atoms with E-state index in [0.717, 1.165) is 5.92 Å². The highest BCUT2D eigenvalue weighted by Crippen LogP contribution is 2.03. The molecule has 0 aliphatic carbocycles. The summed E-state index contributed by atoms with van der Waals surface area (Å²) < 4.78 is 5.81. The highest BCUT2D eigenvalue weighted by molar-refractivity contribution is 6.55. The van der Waals surface area contributed by atoms with E-state index in [-0.39, 0.29) is 0 Å². The Morgan fingerprint density at radius 2 is 2.00 bits per heavy atom. The molecule has 0 saturated heterocycles. The predicted octanol–water partition coefficient (Wildman–Crippen LogP) is 1.61. The Bertz CT molecular complexity index is 54.5. The summed E-state index contributed by atoms with van der Waals surface area (Å²) in [6.45, 7) is 6.67. The summed E-state index contributed by atoms with van der Waals surface area (Å²) in [7, 11) is 0. The lowest BCUT2D eigenvalue weighted by Gasteiger charge is -2.03. The van der Waals surface area contributed by atoms with E-state index < -0.39 is 14.4 Å². The molecule has 2 N–H and O–H groups in total. The molecule has 0 aliphatic rings. The molecular weight excluding hydrogens is 113 g/mol. The summed E-state index contributed by atoms with van der Waals surface area (Å²) in [4.78, 5) is 0. The summed E-state index contributed by atoms with van der Waals surface area (Å²) in [5, 5.41) is 2.55.